The van der Waals surface area contributed by atoms with Crippen LogP contribution in [0, 0.1) is 23.7 Å². The van der Waals surface area contributed by atoms with E-state index in [1.54, 1.807) is 0 Å². The van der Waals surface area contributed by atoms with Crippen molar-refractivity contribution in [3.63, 3.8) is 0 Å². The number of benzene rings is 6. The molecule has 12 rings (SSSR count). The minimum atomic E-state index is 0.0473. The van der Waals surface area contributed by atoms with Crippen LogP contribution in [0.25, 0.3) is 21.9 Å². The summed E-state index contributed by atoms with van der Waals surface area (Å²) in [4.78, 5) is 2.55. The van der Waals surface area contributed by atoms with Gasteiger partial charge in [0.05, 0.1) is 11.4 Å². The second-order valence-corrected chi connectivity index (χ2v) is 18.8. The molecule has 4 saturated carbocycles. The Morgan fingerprint density at radius 3 is 1.93 bits per heavy atom. The van der Waals surface area contributed by atoms with Gasteiger partial charge in [-0.15, -0.1) is 0 Å². The number of hydrogen-bond acceptors (Lipinski definition) is 2. The van der Waals surface area contributed by atoms with Crippen LogP contribution in [0.4, 0.5) is 17.1 Å². The van der Waals surface area contributed by atoms with Gasteiger partial charge in [-0.05, 0) is 150 Å². The van der Waals surface area contributed by atoms with Crippen molar-refractivity contribution in [2.75, 3.05) is 4.90 Å². The van der Waals surface area contributed by atoms with Crippen LogP contribution in [-0.2, 0) is 16.2 Å². The maximum absolute atomic E-state index is 6.75. The van der Waals surface area contributed by atoms with Gasteiger partial charge in [0.2, 0.25) is 0 Å². The van der Waals surface area contributed by atoms with Gasteiger partial charge in [0.25, 0.3) is 0 Å². The minimum absolute atomic E-state index is 0.0473. The summed E-state index contributed by atoms with van der Waals surface area (Å²) in [6, 6.07) is 48.2. The summed E-state index contributed by atoms with van der Waals surface area (Å²) >= 11 is 0. The zero-order valence-electron chi connectivity index (χ0n) is 32.2. The number of hydrogen-bond donors (Lipinski definition) is 0. The van der Waals surface area contributed by atoms with Gasteiger partial charge in [0, 0.05) is 27.6 Å². The van der Waals surface area contributed by atoms with E-state index in [1.165, 1.54) is 106 Å². The van der Waals surface area contributed by atoms with Crippen molar-refractivity contribution in [2.24, 2.45) is 23.7 Å². The Morgan fingerprint density at radius 2 is 1.13 bits per heavy atom. The molecule has 0 N–H and O–H groups in total. The molecule has 1 heterocycles. The Labute approximate surface area is 321 Å². The fourth-order valence-electron chi connectivity index (χ4n) is 12.6. The van der Waals surface area contributed by atoms with Gasteiger partial charge in [-0.25, -0.2) is 0 Å². The van der Waals surface area contributed by atoms with E-state index in [0.717, 1.165) is 23.3 Å². The van der Waals surface area contributed by atoms with E-state index >= 15 is 0 Å². The first-order chi connectivity index (χ1) is 26.2. The summed E-state index contributed by atoms with van der Waals surface area (Å²) < 4.78 is 6.75. The van der Waals surface area contributed by atoms with E-state index in [0.29, 0.717) is 11.8 Å². The van der Waals surface area contributed by atoms with Crippen LogP contribution in [0.1, 0.15) is 94.9 Å². The van der Waals surface area contributed by atoms with Crippen molar-refractivity contribution >= 4 is 27.8 Å². The molecule has 0 amide bonds. The third-order valence-electron chi connectivity index (χ3n) is 14.9. The number of nitrogens with zero attached hydrogens (tertiary/aromatic N) is 1. The highest BCUT2D eigenvalue weighted by Gasteiger charge is 2.61. The lowest BCUT2D eigenvalue weighted by Crippen LogP contribution is -2.56. The molecule has 0 saturated heterocycles. The molecule has 1 aliphatic heterocycles. The Morgan fingerprint density at radius 1 is 0.519 bits per heavy atom. The van der Waals surface area contributed by atoms with E-state index in [2.05, 4.69) is 160 Å². The van der Waals surface area contributed by atoms with E-state index in [1.807, 2.05) is 0 Å². The van der Waals surface area contributed by atoms with Gasteiger partial charge >= 0.3 is 0 Å². The summed E-state index contributed by atoms with van der Waals surface area (Å²) in [5.74, 6) is 5.35. The van der Waals surface area contributed by atoms with Gasteiger partial charge in [0.15, 0.2) is 0 Å². The molecule has 54 heavy (non-hydrogen) atoms. The lowest BCUT2D eigenvalue weighted by molar-refractivity contribution is -0.0452. The monoisotopic (exact) mass is 705 g/mol. The van der Waals surface area contributed by atoms with Gasteiger partial charge in [-0.1, -0.05) is 113 Å². The molecule has 0 unspecified atom stereocenters. The molecule has 2 nitrogen and oxygen atoms in total. The Balaban J connectivity index is 1.05. The van der Waals surface area contributed by atoms with E-state index in [-0.39, 0.29) is 16.2 Å². The summed E-state index contributed by atoms with van der Waals surface area (Å²) in [5.41, 5.74) is 12.3. The van der Waals surface area contributed by atoms with Crippen LogP contribution in [0.15, 0.2) is 127 Å². The molecule has 4 fully saturated rings. The van der Waals surface area contributed by atoms with Crippen LogP contribution >= 0.6 is 0 Å². The molecule has 6 aromatic rings. The highest BCUT2D eigenvalue weighted by molar-refractivity contribution is 5.99. The van der Waals surface area contributed by atoms with Crippen molar-refractivity contribution in [1.82, 2.24) is 0 Å². The number of rotatable bonds is 4. The third kappa shape index (κ3) is 4.64. The second-order valence-electron chi connectivity index (χ2n) is 18.8. The highest BCUT2D eigenvalue weighted by atomic mass is 16.5. The Kier molecular flexibility index (Phi) is 7.00. The minimum Gasteiger partial charge on any atom is -0.457 e. The normalized spacial score (nSPS) is 26.5. The fourth-order valence-corrected chi connectivity index (χ4v) is 12.6. The summed E-state index contributed by atoms with van der Waals surface area (Å²) in [6.45, 7) is 9.75. The predicted octanol–water partition coefficient (Wildman–Crippen LogP) is 14.2. The molecule has 0 radical (unpaired) electrons. The predicted molar refractivity (Wildman–Crippen MR) is 224 cm³/mol. The number of para-hydroxylation sites is 1. The maximum Gasteiger partial charge on any atom is 0.131 e. The van der Waals surface area contributed by atoms with Crippen molar-refractivity contribution in [3.8, 4) is 22.6 Å². The van der Waals surface area contributed by atoms with E-state index < -0.39 is 0 Å². The molecule has 4 bridgehead atoms. The summed E-state index contributed by atoms with van der Waals surface area (Å²) in [7, 11) is 0. The topological polar surface area (TPSA) is 12.5 Å². The van der Waals surface area contributed by atoms with Crippen molar-refractivity contribution < 1.29 is 4.74 Å². The first kappa shape index (κ1) is 32.6. The molecular weight excluding hydrogens is 655 g/mol. The van der Waals surface area contributed by atoms with Gasteiger partial charge in [0.1, 0.15) is 11.5 Å². The van der Waals surface area contributed by atoms with Crippen LogP contribution in [0.2, 0.25) is 0 Å². The molecule has 5 aliphatic carbocycles. The SMILES string of the molecule is CC1(C)CCC(C)(C)c2c(N(c3ccc(-c4ccc5c(c4)C4(c6ccccc6O5)C5CC6CC(C5)CC4C6)cc3)c3cccc4ccccc34)cccc21. The number of ether oxygens (including phenoxy) is 1. The van der Waals surface area contributed by atoms with Crippen LogP contribution in [0.3, 0.4) is 0 Å². The average Bonchev–Trinajstić information content (AvgIpc) is 3.18. The largest absolute Gasteiger partial charge is 0.457 e. The lowest BCUT2D eigenvalue weighted by Gasteiger charge is -2.63. The lowest BCUT2D eigenvalue weighted by atomic mass is 9.41. The smallest absolute Gasteiger partial charge is 0.131 e. The quantitative estimate of drug-likeness (QED) is 0.181. The average molecular weight is 706 g/mol. The highest BCUT2D eigenvalue weighted by Crippen LogP contribution is 2.69. The van der Waals surface area contributed by atoms with Crippen molar-refractivity contribution in [3.05, 3.63) is 150 Å². The van der Waals surface area contributed by atoms with Gasteiger partial charge in [-0.2, -0.15) is 0 Å². The first-order valence-electron chi connectivity index (χ1n) is 20.6. The molecular formula is C52H51NO. The van der Waals surface area contributed by atoms with Crippen molar-refractivity contribution in [1.29, 1.82) is 0 Å². The molecule has 0 atom stereocenters. The number of fused-ring (bicyclic) bond motifs is 4. The van der Waals surface area contributed by atoms with Crippen molar-refractivity contribution in [2.45, 2.75) is 88.9 Å². The molecule has 6 aliphatic rings. The number of anilines is 3. The summed E-state index contributed by atoms with van der Waals surface area (Å²) in [5, 5.41) is 2.53. The molecule has 1 spiro atoms. The fraction of sp³-hybridized carbons (Fsp3) is 0.346. The van der Waals surface area contributed by atoms with Gasteiger partial charge < -0.3 is 9.64 Å². The molecule has 2 heteroatoms. The molecule has 270 valence electrons. The standard InChI is InChI=1S/C52H51NO/c1-50(2)25-26-51(3,4)49-43(50)15-10-17-46(49)53(45-16-9-12-36-11-5-6-13-41(36)45)40-22-19-35(20-23-40)37-21-24-48-44(32-37)52(42-14-7-8-18-47(42)54-48)38-28-33-27-34(30-38)31-39(52)29-33/h5-24,32-34,38-39H,25-31H2,1-4H3. The Hall–Kier alpha value is -4.82. The maximum atomic E-state index is 6.75. The van der Waals surface area contributed by atoms with Gasteiger partial charge in [-0.3, -0.25) is 0 Å². The molecule has 0 aromatic heterocycles. The van der Waals surface area contributed by atoms with Crippen LogP contribution < -0.4 is 9.64 Å². The van der Waals surface area contributed by atoms with Crippen LogP contribution in [-0.4, -0.2) is 0 Å². The summed E-state index contributed by atoms with van der Waals surface area (Å²) in [6.07, 6.45) is 9.27. The second kappa shape index (κ2) is 11.6. The van der Waals surface area contributed by atoms with E-state index in [9.17, 15) is 0 Å². The Bertz CT molecular complexity index is 2420. The van der Waals surface area contributed by atoms with Crippen LogP contribution in [0.5, 0.6) is 11.5 Å². The zero-order valence-corrected chi connectivity index (χ0v) is 32.2. The first-order valence-corrected chi connectivity index (χ1v) is 20.6. The zero-order chi connectivity index (χ0) is 36.4. The van der Waals surface area contributed by atoms with E-state index in [4.69, 9.17) is 4.74 Å². The third-order valence-corrected chi connectivity index (χ3v) is 14.9. The molecule has 6 aromatic carbocycles.